The van der Waals surface area contributed by atoms with Crippen molar-refractivity contribution in [3.8, 4) is 5.75 Å². The van der Waals surface area contributed by atoms with E-state index in [-0.39, 0.29) is 16.6 Å². The number of aliphatic hydroxyl groups is 1. The summed E-state index contributed by atoms with van der Waals surface area (Å²) in [6.45, 7) is 13.1. The van der Waals surface area contributed by atoms with Gasteiger partial charge in [-0.2, -0.15) is 0 Å². The van der Waals surface area contributed by atoms with Crippen LogP contribution in [-0.4, -0.2) is 10.2 Å². The van der Waals surface area contributed by atoms with E-state index in [0.717, 1.165) is 16.7 Å². The summed E-state index contributed by atoms with van der Waals surface area (Å²) in [6.07, 6.45) is 6.36. The SMILES string of the molecule is CC(C)(C)C1=CC(c2ccc(O)cc2)(C(C)(C)C)C=CC1(O)c1ccccc1. The number of hydrogen-bond donors (Lipinski definition) is 2. The van der Waals surface area contributed by atoms with Crippen molar-refractivity contribution >= 4 is 0 Å². The Morgan fingerprint density at radius 3 is 1.79 bits per heavy atom. The van der Waals surface area contributed by atoms with E-state index < -0.39 is 11.0 Å². The van der Waals surface area contributed by atoms with Gasteiger partial charge in [-0.15, -0.1) is 0 Å². The van der Waals surface area contributed by atoms with Gasteiger partial charge in [0.15, 0.2) is 0 Å². The van der Waals surface area contributed by atoms with Crippen molar-refractivity contribution in [1.82, 2.24) is 0 Å². The Hall–Kier alpha value is -2.32. The van der Waals surface area contributed by atoms with Crippen molar-refractivity contribution in [1.29, 1.82) is 0 Å². The zero-order valence-corrected chi connectivity index (χ0v) is 17.8. The lowest BCUT2D eigenvalue weighted by atomic mass is 9.56. The summed E-state index contributed by atoms with van der Waals surface area (Å²) >= 11 is 0. The van der Waals surface area contributed by atoms with Crippen LogP contribution in [0.5, 0.6) is 5.75 Å². The van der Waals surface area contributed by atoms with Gasteiger partial charge in [0, 0.05) is 5.41 Å². The fourth-order valence-electron chi connectivity index (χ4n) is 4.28. The van der Waals surface area contributed by atoms with Crippen LogP contribution in [0.1, 0.15) is 52.7 Å². The molecule has 2 unspecified atom stereocenters. The molecule has 0 aromatic heterocycles. The highest BCUT2D eigenvalue weighted by molar-refractivity contribution is 5.52. The molecule has 0 saturated carbocycles. The second kappa shape index (κ2) is 6.63. The highest BCUT2D eigenvalue weighted by Crippen LogP contribution is 2.53. The first-order valence-corrected chi connectivity index (χ1v) is 9.92. The number of phenolic OH excluding ortho intramolecular Hbond substituents is 1. The first-order valence-electron chi connectivity index (χ1n) is 9.92. The molecule has 2 atom stereocenters. The van der Waals surface area contributed by atoms with Gasteiger partial charge in [0.25, 0.3) is 0 Å². The van der Waals surface area contributed by atoms with Crippen LogP contribution in [0, 0.1) is 10.8 Å². The minimum absolute atomic E-state index is 0.130. The van der Waals surface area contributed by atoms with Gasteiger partial charge in [-0.1, -0.05) is 96.2 Å². The summed E-state index contributed by atoms with van der Waals surface area (Å²) in [5.74, 6) is 0.258. The zero-order chi connectivity index (χ0) is 20.8. The highest BCUT2D eigenvalue weighted by atomic mass is 16.3. The predicted molar refractivity (Wildman–Crippen MR) is 116 cm³/mol. The Morgan fingerprint density at radius 2 is 1.29 bits per heavy atom. The number of hydrogen-bond acceptors (Lipinski definition) is 2. The summed E-state index contributed by atoms with van der Waals surface area (Å²) < 4.78 is 0. The molecule has 1 aliphatic rings. The number of rotatable bonds is 2. The van der Waals surface area contributed by atoms with E-state index in [2.05, 4.69) is 53.7 Å². The van der Waals surface area contributed by atoms with Gasteiger partial charge >= 0.3 is 0 Å². The van der Waals surface area contributed by atoms with Gasteiger partial charge in [-0.05, 0) is 45.7 Å². The largest absolute Gasteiger partial charge is 0.508 e. The summed E-state index contributed by atoms with van der Waals surface area (Å²) in [5, 5.41) is 21.6. The third-order valence-corrected chi connectivity index (χ3v) is 5.98. The van der Waals surface area contributed by atoms with Gasteiger partial charge in [0.2, 0.25) is 0 Å². The zero-order valence-electron chi connectivity index (χ0n) is 17.8. The average Bonchev–Trinajstić information content (AvgIpc) is 2.62. The van der Waals surface area contributed by atoms with Crippen molar-refractivity contribution in [3.63, 3.8) is 0 Å². The van der Waals surface area contributed by atoms with Crippen LogP contribution in [0.4, 0.5) is 0 Å². The first-order chi connectivity index (χ1) is 12.9. The maximum Gasteiger partial charge on any atom is 0.130 e. The summed E-state index contributed by atoms with van der Waals surface area (Å²) in [4.78, 5) is 0. The molecule has 2 aromatic rings. The van der Waals surface area contributed by atoms with Crippen LogP contribution in [0.15, 0.2) is 78.4 Å². The van der Waals surface area contributed by atoms with E-state index >= 15 is 0 Å². The van der Waals surface area contributed by atoms with Gasteiger partial charge in [0.05, 0.1) is 0 Å². The molecule has 2 aromatic carbocycles. The molecule has 0 fully saturated rings. The number of aromatic hydroxyl groups is 1. The van der Waals surface area contributed by atoms with Crippen molar-refractivity contribution in [2.75, 3.05) is 0 Å². The van der Waals surface area contributed by atoms with E-state index in [1.54, 1.807) is 12.1 Å². The lowest BCUT2D eigenvalue weighted by molar-refractivity contribution is 0.0976. The molecule has 2 heteroatoms. The molecule has 0 amide bonds. The third kappa shape index (κ3) is 3.31. The Bertz CT molecular complexity index is 892. The molecule has 0 aliphatic heterocycles. The molecule has 3 rings (SSSR count). The van der Waals surface area contributed by atoms with Crippen LogP contribution in [0.25, 0.3) is 0 Å². The monoisotopic (exact) mass is 376 g/mol. The predicted octanol–water partition coefficient (Wildman–Crippen LogP) is 6.11. The Labute approximate surface area is 169 Å². The Kier molecular flexibility index (Phi) is 4.84. The van der Waals surface area contributed by atoms with Crippen LogP contribution >= 0.6 is 0 Å². The minimum Gasteiger partial charge on any atom is -0.508 e. The second-order valence-electron chi connectivity index (χ2n) is 9.94. The third-order valence-electron chi connectivity index (χ3n) is 5.98. The maximum absolute atomic E-state index is 11.8. The summed E-state index contributed by atoms with van der Waals surface area (Å²) in [6, 6.07) is 17.3. The van der Waals surface area contributed by atoms with Crippen LogP contribution < -0.4 is 0 Å². The Morgan fingerprint density at radius 1 is 0.714 bits per heavy atom. The normalized spacial score (nSPS) is 25.5. The second-order valence-corrected chi connectivity index (χ2v) is 9.94. The van der Waals surface area contributed by atoms with E-state index in [4.69, 9.17) is 0 Å². The van der Waals surface area contributed by atoms with Crippen molar-refractivity contribution in [2.45, 2.75) is 52.6 Å². The quantitative estimate of drug-likeness (QED) is 0.621. The van der Waals surface area contributed by atoms with Crippen molar-refractivity contribution in [2.24, 2.45) is 10.8 Å². The molecule has 28 heavy (non-hydrogen) atoms. The fourth-order valence-corrected chi connectivity index (χ4v) is 4.28. The molecular weight excluding hydrogens is 344 g/mol. The van der Waals surface area contributed by atoms with Gasteiger partial charge in [-0.25, -0.2) is 0 Å². The van der Waals surface area contributed by atoms with Crippen LogP contribution in [0.3, 0.4) is 0 Å². The van der Waals surface area contributed by atoms with Crippen molar-refractivity contribution < 1.29 is 10.2 Å². The topological polar surface area (TPSA) is 40.5 Å². The fraction of sp³-hybridized carbons (Fsp3) is 0.385. The van der Waals surface area contributed by atoms with Gasteiger partial charge < -0.3 is 10.2 Å². The number of allylic oxidation sites excluding steroid dienone is 2. The summed E-state index contributed by atoms with van der Waals surface area (Å²) in [5.41, 5.74) is 1.05. The number of phenols is 1. The van der Waals surface area contributed by atoms with E-state index in [9.17, 15) is 10.2 Å². The number of benzene rings is 2. The molecule has 0 heterocycles. The van der Waals surface area contributed by atoms with E-state index in [1.165, 1.54) is 0 Å². The molecular formula is C26H32O2. The lowest BCUT2D eigenvalue weighted by Gasteiger charge is -2.49. The standard InChI is InChI=1S/C26H32O2/c1-23(2,3)22-18-25(24(4,5)6,19-12-14-21(27)15-13-19)16-17-26(22,28)20-10-8-7-9-11-20/h7-18,27-28H,1-6H3. The highest BCUT2D eigenvalue weighted by Gasteiger charge is 2.48. The van der Waals surface area contributed by atoms with Gasteiger partial charge in [-0.3, -0.25) is 0 Å². The average molecular weight is 377 g/mol. The molecule has 1 aliphatic carbocycles. The van der Waals surface area contributed by atoms with Crippen molar-refractivity contribution in [3.05, 3.63) is 89.5 Å². The van der Waals surface area contributed by atoms with Crippen LogP contribution in [0.2, 0.25) is 0 Å². The molecule has 0 radical (unpaired) electrons. The molecule has 148 valence electrons. The smallest absolute Gasteiger partial charge is 0.130 e. The molecule has 2 nitrogen and oxygen atoms in total. The molecule has 0 bridgehead atoms. The van der Waals surface area contributed by atoms with E-state index in [0.29, 0.717) is 0 Å². The Balaban J connectivity index is 2.29. The van der Waals surface area contributed by atoms with E-state index in [1.807, 2.05) is 48.5 Å². The first kappa shape index (κ1) is 20.4. The molecule has 2 N–H and O–H groups in total. The molecule has 0 spiro atoms. The van der Waals surface area contributed by atoms with Gasteiger partial charge in [0.1, 0.15) is 11.4 Å². The summed E-state index contributed by atoms with van der Waals surface area (Å²) in [7, 11) is 0. The minimum atomic E-state index is -1.15. The molecule has 0 saturated heterocycles. The lowest BCUT2D eigenvalue weighted by Crippen LogP contribution is -2.44. The maximum atomic E-state index is 11.8. The van der Waals surface area contributed by atoms with Crippen LogP contribution in [-0.2, 0) is 11.0 Å².